The van der Waals surface area contributed by atoms with Gasteiger partial charge in [0.25, 0.3) is 0 Å². The Kier molecular flexibility index (Phi) is 26.9. The molecular formula is C37H74N2. The maximum Gasteiger partial charge on any atom is 0.101 e. The lowest BCUT2D eigenvalue weighted by atomic mass is 10.0. The van der Waals surface area contributed by atoms with Crippen molar-refractivity contribution >= 4 is 0 Å². The Bertz CT molecular complexity index is 502. The van der Waals surface area contributed by atoms with E-state index in [1.54, 1.807) is 0 Å². The molecular weight excluding hydrogens is 472 g/mol. The van der Waals surface area contributed by atoms with E-state index in [1.807, 2.05) is 0 Å². The predicted molar refractivity (Wildman–Crippen MR) is 177 cm³/mol. The third kappa shape index (κ3) is 21.7. The first-order chi connectivity index (χ1) is 19.3. The highest BCUT2D eigenvalue weighted by molar-refractivity contribution is 4.97. The van der Waals surface area contributed by atoms with E-state index >= 15 is 0 Å². The van der Waals surface area contributed by atoms with Crippen molar-refractivity contribution < 1.29 is 0 Å². The first-order valence-electron chi connectivity index (χ1n) is 18.5. The molecule has 0 aromatic carbocycles. The molecule has 0 saturated carbocycles. The largest absolute Gasteiger partial charge is 0.356 e. The Balaban J connectivity index is 2.16. The topological polar surface area (TPSA) is 6.48 Å². The van der Waals surface area contributed by atoms with Gasteiger partial charge in [-0.1, -0.05) is 181 Å². The van der Waals surface area contributed by atoms with Gasteiger partial charge in [0.1, 0.15) is 6.17 Å². The number of rotatable bonds is 31. The summed E-state index contributed by atoms with van der Waals surface area (Å²) in [5, 5.41) is 0. The summed E-state index contributed by atoms with van der Waals surface area (Å²) in [5.41, 5.74) is 0. The van der Waals surface area contributed by atoms with Crippen LogP contribution >= 0.6 is 0 Å². The Morgan fingerprint density at radius 3 is 0.897 bits per heavy atom. The molecule has 0 saturated heterocycles. The van der Waals surface area contributed by atoms with Crippen LogP contribution in [0.25, 0.3) is 0 Å². The van der Waals surface area contributed by atoms with Crippen LogP contribution in [0, 0.1) is 0 Å². The van der Waals surface area contributed by atoms with Gasteiger partial charge in [-0.25, -0.2) is 0 Å². The molecule has 232 valence electrons. The molecule has 39 heavy (non-hydrogen) atoms. The van der Waals surface area contributed by atoms with E-state index < -0.39 is 0 Å². The second-order valence-electron chi connectivity index (χ2n) is 12.9. The minimum Gasteiger partial charge on any atom is -0.356 e. The van der Waals surface area contributed by atoms with Gasteiger partial charge in [-0.2, -0.15) is 0 Å². The molecule has 1 atom stereocenters. The number of hydrogen-bond donors (Lipinski definition) is 0. The molecule has 0 amide bonds. The van der Waals surface area contributed by atoms with E-state index in [0.29, 0.717) is 6.17 Å². The van der Waals surface area contributed by atoms with Crippen LogP contribution in [0.3, 0.4) is 0 Å². The molecule has 1 aliphatic rings. The molecule has 0 fully saturated rings. The second-order valence-corrected chi connectivity index (χ2v) is 12.9. The van der Waals surface area contributed by atoms with Crippen LogP contribution in [0.1, 0.15) is 207 Å². The van der Waals surface area contributed by atoms with Crippen LogP contribution < -0.4 is 0 Å². The van der Waals surface area contributed by atoms with Crippen molar-refractivity contribution in [2.45, 2.75) is 213 Å². The molecule has 0 aliphatic carbocycles. The van der Waals surface area contributed by atoms with E-state index in [0.717, 1.165) is 0 Å². The van der Waals surface area contributed by atoms with Crippen LogP contribution in [0.5, 0.6) is 0 Å². The second kappa shape index (κ2) is 28.9. The van der Waals surface area contributed by atoms with Crippen molar-refractivity contribution in [3.63, 3.8) is 0 Å². The summed E-state index contributed by atoms with van der Waals surface area (Å²) in [6.45, 7) is 9.48. The maximum atomic E-state index is 2.71. The highest BCUT2D eigenvalue weighted by atomic mass is 15.4. The van der Waals surface area contributed by atoms with Gasteiger partial charge < -0.3 is 9.80 Å². The lowest BCUT2D eigenvalue weighted by molar-refractivity contribution is 0.135. The molecule has 0 bridgehead atoms. The van der Waals surface area contributed by atoms with Gasteiger partial charge >= 0.3 is 0 Å². The van der Waals surface area contributed by atoms with Gasteiger partial charge in [0.2, 0.25) is 0 Å². The van der Waals surface area contributed by atoms with Gasteiger partial charge in [-0.3, -0.25) is 0 Å². The minimum absolute atomic E-state index is 0.641. The van der Waals surface area contributed by atoms with Crippen LogP contribution in [0.2, 0.25) is 0 Å². The van der Waals surface area contributed by atoms with E-state index in [4.69, 9.17) is 0 Å². The van der Waals surface area contributed by atoms with Crippen molar-refractivity contribution in [2.75, 3.05) is 13.1 Å². The SMILES string of the molecule is CCCCCCCCCCCCCCCCN1C=CN(CCCCCCCCCC)C1CCCCCCCC. The van der Waals surface area contributed by atoms with Gasteiger partial charge in [-0.15, -0.1) is 0 Å². The number of unbranched alkanes of at least 4 members (excludes halogenated alkanes) is 25. The van der Waals surface area contributed by atoms with Crippen molar-refractivity contribution in [1.82, 2.24) is 9.80 Å². The molecule has 1 heterocycles. The van der Waals surface area contributed by atoms with Crippen molar-refractivity contribution in [3.8, 4) is 0 Å². The monoisotopic (exact) mass is 547 g/mol. The minimum atomic E-state index is 0.641. The van der Waals surface area contributed by atoms with E-state index in [1.165, 1.54) is 199 Å². The zero-order valence-electron chi connectivity index (χ0n) is 27.5. The molecule has 0 aromatic heterocycles. The quantitative estimate of drug-likeness (QED) is 0.0798. The lowest BCUT2D eigenvalue weighted by Gasteiger charge is -2.33. The average molecular weight is 547 g/mol. The summed E-state index contributed by atoms with van der Waals surface area (Å²) in [5.74, 6) is 0. The van der Waals surface area contributed by atoms with Crippen LogP contribution in [0.15, 0.2) is 12.4 Å². The van der Waals surface area contributed by atoms with Crippen LogP contribution in [-0.2, 0) is 0 Å². The zero-order valence-corrected chi connectivity index (χ0v) is 27.5. The van der Waals surface area contributed by atoms with E-state index in [9.17, 15) is 0 Å². The Morgan fingerprint density at radius 2 is 0.590 bits per heavy atom. The smallest absolute Gasteiger partial charge is 0.101 e. The fraction of sp³-hybridized carbons (Fsp3) is 0.946. The average Bonchev–Trinajstić information content (AvgIpc) is 3.33. The molecule has 2 nitrogen and oxygen atoms in total. The molecule has 0 spiro atoms. The highest BCUT2D eigenvalue weighted by Crippen LogP contribution is 2.24. The summed E-state index contributed by atoms with van der Waals surface area (Å²) in [6.07, 6.45) is 46.9. The molecule has 1 rings (SSSR count). The Labute approximate surface area is 248 Å². The predicted octanol–water partition coefficient (Wildman–Crippen LogP) is 12.8. The summed E-state index contributed by atoms with van der Waals surface area (Å²) < 4.78 is 0. The molecule has 0 radical (unpaired) electrons. The van der Waals surface area contributed by atoms with E-state index in [2.05, 4.69) is 43.0 Å². The van der Waals surface area contributed by atoms with Crippen molar-refractivity contribution in [1.29, 1.82) is 0 Å². The fourth-order valence-electron chi connectivity index (χ4n) is 6.36. The Morgan fingerprint density at radius 1 is 0.333 bits per heavy atom. The summed E-state index contributed by atoms with van der Waals surface area (Å²) in [4.78, 5) is 5.41. The summed E-state index contributed by atoms with van der Waals surface area (Å²) in [7, 11) is 0. The van der Waals surface area contributed by atoms with Crippen LogP contribution in [-0.4, -0.2) is 29.1 Å². The van der Waals surface area contributed by atoms with Gasteiger partial charge in [0.15, 0.2) is 0 Å². The van der Waals surface area contributed by atoms with Gasteiger partial charge in [-0.05, 0) is 25.7 Å². The molecule has 0 aromatic rings. The number of nitrogens with zero attached hydrogens (tertiary/aromatic N) is 2. The summed E-state index contributed by atoms with van der Waals surface area (Å²) >= 11 is 0. The normalized spacial score (nSPS) is 15.2. The lowest BCUT2D eigenvalue weighted by Crippen LogP contribution is -2.39. The number of hydrogen-bond acceptors (Lipinski definition) is 2. The highest BCUT2D eigenvalue weighted by Gasteiger charge is 2.24. The van der Waals surface area contributed by atoms with Gasteiger partial charge in [0.05, 0.1) is 0 Å². The first kappa shape index (κ1) is 36.4. The molecule has 1 unspecified atom stereocenters. The van der Waals surface area contributed by atoms with Crippen molar-refractivity contribution in [2.24, 2.45) is 0 Å². The standard InChI is InChI=1S/C37H74N2/c1-4-7-10-13-16-18-19-20-21-22-23-25-28-31-34-39-36-35-38(33-30-27-24-17-14-11-8-5-2)37(39)32-29-26-15-12-9-6-3/h35-37H,4-34H2,1-3H3. The van der Waals surface area contributed by atoms with Gasteiger partial charge in [0, 0.05) is 25.5 Å². The third-order valence-corrected chi connectivity index (χ3v) is 9.07. The van der Waals surface area contributed by atoms with Crippen molar-refractivity contribution in [3.05, 3.63) is 12.4 Å². The maximum absolute atomic E-state index is 2.71. The zero-order chi connectivity index (χ0) is 28.1. The fourth-order valence-corrected chi connectivity index (χ4v) is 6.36. The molecule has 1 aliphatic heterocycles. The third-order valence-electron chi connectivity index (χ3n) is 9.07. The van der Waals surface area contributed by atoms with E-state index in [-0.39, 0.29) is 0 Å². The summed E-state index contributed by atoms with van der Waals surface area (Å²) in [6, 6.07) is 0. The molecule has 0 N–H and O–H groups in total. The van der Waals surface area contributed by atoms with Crippen LogP contribution in [0.4, 0.5) is 0 Å². The molecule has 2 heteroatoms. The Hall–Kier alpha value is -0.660. The first-order valence-corrected chi connectivity index (χ1v) is 18.5.